The molecule has 2 aromatic rings. The fourth-order valence-corrected chi connectivity index (χ4v) is 2.42. The summed E-state index contributed by atoms with van der Waals surface area (Å²) in [6, 6.07) is 14.3. The van der Waals surface area contributed by atoms with Gasteiger partial charge in [-0.3, -0.25) is 0 Å². The maximum atomic E-state index is 6.30. The fraction of sp³-hybridized carbons (Fsp3) is 0.333. The van der Waals surface area contributed by atoms with Crippen molar-refractivity contribution in [3.63, 3.8) is 0 Å². The van der Waals surface area contributed by atoms with Crippen LogP contribution >= 0.6 is 11.6 Å². The monoisotopic (exact) mass is 303 g/mol. The molecule has 3 heteroatoms. The van der Waals surface area contributed by atoms with Gasteiger partial charge in [0.25, 0.3) is 0 Å². The van der Waals surface area contributed by atoms with Crippen LogP contribution in [-0.2, 0) is 13.0 Å². The summed E-state index contributed by atoms with van der Waals surface area (Å²) in [6.07, 6.45) is 1.80. The Kier molecular flexibility index (Phi) is 5.66. The van der Waals surface area contributed by atoms with Gasteiger partial charge >= 0.3 is 0 Å². The Morgan fingerprint density at radius 1 is 1.19 bits per heavy atom. The Morgan fingerprint density at radius 2 is 1.95 bits per heavy atom. The zero-order chi connectivity index (χ0) is 15.2. The van der Waals surface area contributed by atoms with Gasteiger partial charge < -0.3 is 10.5 Å². The van der Waals surface area contributed by atoms with Crippen LogP contribution in [0.1, 0.15) is 30.0 Å². The molecule has 2 N–H and O–H groups in total. The van der Waals surface area contributed by atoms with Crippen LogP contribution in [0.5, 0.6) is 5.75 Å². The van der Waals surface area contributed by atoms with E-state index in [9.17, 15) is 0 Å². The standard InChI is InChI=1S/C18H22ClNO/c1-3-16(20)10-14-8-9-18(17(19)11-14)21-12-15-7-5-4-6-13(15)2/h4-9,11,16H,3,10,12,20H2,1-2H3. The lowest BCUT2D eigenvalue weighted by Crippen LogP contribution is -2.21. The lowest BCUT2D eigenvalue weighted by molar-refractivity contribution is 0.305. The molecule has 2 aromatic carbocycles. The van der Waals surface area contributed by atoms with Crippen LogP contribution in [0.25, 0.3) is 0 Å². The summed E-state index contributed by atoms with van der Waals surface area (Å²) in [5, 5.41) is 0.643. The molecular formula is C18H22ClNO. The van der Waals surface area contributed by atoms with Crippen LogP contribution in [0.2, 0.25) is 5.02 Å². The van der Waals surface area contributed by atoms with Crippen molar-refractivity contribution in [2.45, 2.75) is 39.3 Å². The second-order valence-corrected chi connectivity index (χ2v) is 5.76. The van der Waals surface area contributed by atoms with Crippen LogP contribution in [0, 0.1) is 6.92 Å². The quantitative estimate of drug-likeness (QED) is 0.852. The van der Waals surface area contributed by atoms with Crippen molar-refractivity contribution in [2.75, 3.05) is 0 Å². The summed E-state index contributed by atoms with van der Waals surface area (Å²) < 4.78 is 5.83. The first-order valence-electron chi connectivity index (χ1n) is 7.31. The maximum absolute atomic E-state index is 6.30. The molecule has 1 unspecified atom stereocenters. The number of aryl methyl sites for hydroxylation is 1. The van der Waals surface area contributed by atoms with Crippen LogP contribution in [0.3, 0.4) is 0 Å². The highest BCUT2D eigenvalue weighted by Gasteiger charge is 2.07. The van der Waals surface area contributed by atoms with Gasteiger partial charge in [-0.1, -0.05) is 48.9 Å². The Morgan fingerprint density at radius 3 is 2.62 bits per heavy atom. The third kappa shape index (κ3) is 4.48. The van der Waals surface area contributed by atoms with E-state index in [0.717, 1.165) is 18.4 Å². The van der Waals surface area contributed by atoms with Crippen molar-refractivity contribution in [3.05, 3.63) is 64.2 Å². The van der Waals surface area contributed by atoms with Crippen LogP contribution in [0.4, 0.5) is 0 Å². The Balaban J connectivity index is 2.03. The first-order chi connectivity index (χ1) is 10.1. The fourth-order valence-electron chi connectivity index (χ4n) is 2.16. The Bertz CT molecular complexity index is 598. The number of benzene rings is 2. The molecule has 0 aliphatic rings. The number of halogens is 1. The van der Waals surface area contributed by atoms with E-state index in [2.05, 4.69) is 26.0 Å². The van der Waals surface area contributed by atoms with E-state index in [-0.39, 0.29) is 6.04 Å². The number of rotatable bonds is 6. The van der Waals surface area contributed by atoms with Gasteiger partial charge in [-0.25, -0.2) is 0 Å². The maximum Gasteiger partial charge on any atom is 0.138 e. The van der Waals surface area contributed by atoms with E-state index in [1.54, 1.807) is 0 Å². The number of hydrogen-bond donors (Lipinski definition) is 1. The van der Waals surface area contributed by atoms with Crippen molar-refractivity contribution in [2.24, 2.45) is 5.73 Å². The van der Waals surface area contributed by atoms with E-state index in [4.69, 9.17) is 22.1 Å². The third-order valence-electron chi connectivity index (χ3n) is 3.66. The van der Waals surface area contributed by atoms with Gasteiger partial charge in [-0.15, -0.1) is 0 Å². The molecule has 0 aliphatic heterocycles. The van der Waals surface area contributed by atoms with Crippen LogP contribution in [-0.4, -0.2) is 6.04 Å². The molecule has 0 radical (unpaired) electrons. The van der Waals surface area contributed by atoms with Gasteiger partial charge in [0.05, 0.1) is 5.02 Å². The molecular weight excluding hydrogens is 282 g/mol. The van der Waals surface area contributed by atoms with E-state index in [1.165, 1.54) is 11.1 Å². The summed E-state index contributed by atoms with van der Waals surface area (Å²) in [4.78, 5) is 0. The number of hydrogen-bond acceptors (Lipinski definition) is 2. The van der Waals surface area contributed by atoms with E-state index < -0.39 is 0 Å². The molecule has 0 bridgehead atoms. The highest BCUT2D eigenvalue weighted by molar-refractivity contribution is 6.32. The first-order valence-corrected chi connectivity index (χ1v) is 7.69. The van der Waals surface area contributed by atoms with Crippen molar-refractivity contribution >= 4 is 11.6 Å². The van der Waals surface area contributed by atoms with Gasteiger partial charge in [0.1, 0.15) is 12.4 Å². The first kappa shape index (κ1) is 15.9. The van der Waals surface area contributed by atoms with Crippen molar-refractivity contribution < 1.29 is 4.74 Å². The largest absolute Gasteiger partial charge is 0.487 e. The molecule has 2 rings (SSSR count). The molecule has 0 heterocycles. The molecule has 112 valence electrons. The molecule has 0 spiro atoms. The molecule has 0 amide bonds. The van der Waals surface area contributed by atoms with Gasteiger partial charge in [0.2, 0.25) is 0 Å². The van der Waals surface area contributed by atoms with Gasteiger partial charge in [0.15, 0.2) is 0 Å². The second-order valence-electron chi connectivity index (χ2n) is 5.35. The summed E-state index contributed by atoms with van der Waals surface area (Å²) in [5.74, 6) is 0.716. The average Bonchev–Trinajstić information content (AvgIpc) is 2.48. The SMILES string of the molecule is CCC(N)Cc1ccc(OCc2ccccc2C)c(Cl)c1. The molecule has 2 nitrogen and oxygen atoms in total. The minimum atomic E-state index is 0.180. The zero-order valence-electron chi connectivity index (χ0n) is 12.6. The molecule has 0 aliphatic carbocycles. The molecule has 0 saturated carbocycles. The lowest BCUT2D eigenvalue weighted by Gasteiger charge is -2.13. The smallest absolute Gasteiger partial charge is 0.138 e. The second kappa shape index (κ2) is 7.48. The predicted octanol–water partition coefficient (Wildman–Crippen LogP) is 4.51. The van der Waals surface area contributed by atoms with Crippen LogP contribution in [0.15, 0.2) is 42.5 Å². The van der Waals surface area contributed by atoms with Gasteiger partial charge in [-0.2, -0.15) is 0 Å². The van der Waals surface area contributed by atoms with Crippen LogP contribution < -0.4 is 10.5 Å². The Hall–Kier alpha value is -1.51. The zero-order valence-corrected chi connectivity index (χ0v) is 13.4. The summed E-state index contributed by atoms with van der Waals surface area (Å²) in [5.41, 5.74) is 9.51. The van der Waals surface area contributed by atoms with Crippen molar-refractivity contribution in [1.82, 2.24) is 0 Å². The summed E-state index contributed by atoms with van der Waals surface area (Å²) >= 11 is 6.30. The minimum absolute atomic E-state index is 0.180. The summed E-state index contributed by atoms with van der Waals surface area (Å²) in [7, 11) is 0. The topological polar surface area (TPSA) is 35.2 Å². The normalized spacial score (nSPS) is 12.2. The highest BCUT2D eigenvalue weighted by atomic mass is 35.5. The average molecular weight is 304 g/mol. The van der Waals surface area contributed by atoms with Gasteiger partial charge in [0, 0.05) is 6.04 Å². The number of nitrogens with two attached hydrogens (primary N) is 1. The van der Waals surface area contributed by atoms with Crippen molar-refractivity contribution in [1.29, 1.82) is 0 Å². The highest BCUT2D eigenvalue weighted by Crippen LogP contribution is 2.27. The minimum Gasteiger partial charge on any atom is -0.487 e. The lowest BCUT2D eigenvalue weighted by atomic mass is 10.0. The van der Waals surface area contributed by atoms with E-state index in [0.29, 0.717) is 17.4 Å². The third-order valence-corrected chi connectivity index (χ3v) is 3.96. The summed E-state index contributed by atoms with van der Waals surface area (Å²) in [6.45, 7) is 4.70. The number of ether oxygens (including phenoxy) is 1. The van der Waals surface area contributed by atoms with E-state index in [1.807, 2.05) is 30.3 Å². The molecule has 1 atom stereocenters. The molecule has 0 aromatic heterocycles. The van der Waals surface area contributed by atoms with Gasteiger partial charge in [-0.05, 0) is 48.6 Å². The van der Waals surface area contributed by atoms with Crippen molar-refractivity contribution in [3.8, 4) is 5.75 Å². The Labute approximate surface area is 131 Å². The van der Waals surface area contributed by atoms with E-state index >= 15 is 0 Å². The molecule has 0 saturated heterocycles. The predicted molar refractivity (Wildman–Crippen MR) is 88.9 cm³/mol. The molecule has 21 heavy (non-hydrogen) atoms. The molecule has 0 fully saturated rings.